The summed E-state index contributed by atoms with van der Waals surface area (Å²) >= 11 is 0. The Morgan fingerprint density at radius 2 is 2.08 bits per heavy atom. The molecule has 0 N–H and O–H groups in total. The quantitative estimate of drug-likeness (QED) is 0.690. The van der Waals surface area contributed by atoms with Gasteiger partial charge in [0.2, 0.25) is 0 Å². The average Bonchev–Trinajstić information content (AvgIpc) is 3.37. The summed E-state index contributed by atoms with van der Waals surface area (Å²) in [4.78, 5) is 6.89. The van der Waals surface area contributed by atoms with Gasteiger partial charge in [-0.2, -0.15) is 5.10 Å². The number of para-hydroxylation sites is 1. The molecule has 3 aromatic rings. The van der Waals surface area contributed by atoms with Gasteiger partial charge in [0.15, 0.2) is 0 Å². The van der Waals surface area contributed by atoms with E-state index in [1.54, 1.807) is 13.4 Å². The molecule has 1 saturated heterocycles. The molecule has 1 aromatic carbocycles. The highest BCUT2D eigenvalue weighted by atomic mass is 16.5. The first-order valence-electron chi connectivity index (χ1n) is 8.61. The lowest BCUT2D eigenvalue weighted by Gasteiger charge is -2.22. The topological polar surface area (TPSA) is 56.3 Å². The normalized spacial score (nSPS) is 18.0. The Morgan fingerprint density at radius 1 is 1.20 bits per heavy atom. The summed E-state index contributed by atoms with van der Waals surface area (Å²) in [5.41, 5.74) is 1.03. The van der Waals surface area contributed by atoms with Gasteiger partial charge in [0.1, 0.15) is 30.3 Å². The van der Waals surface area contributed by atoms with Crippen LogP contribution in [0.25, 0.3) is 5.69 Å². The van der Waals surface area contributed by atoms with E-state index in [4.69, 9.17) is 9.15 Å². The van der Waals surface area contributed by atoms with Crippen molar-refractivity contribution in [2.75, 3.05) is 13.7 Å². The largest absolute Gasteiger partial charge is 0.462 e. The SMILES string of the molecule is COCc1ccc(C2CCCN2Cc2ncnn2-c2ccccc2)o1. The molecular formula is C19H22N4O2. The van der Waals surface area contributed by atoms with Gasteiger partial charge in [0.05, 0.1) is 18.3 Å². The van der Waals surface area contributed by atoms with E-state index in [2.05, 4.69) is 21.0 Å². The fraction of sp³-hybridized carbons (Fsp3) is 0.368. The number of methoxy groups -OCH3 is 1. The predicted octanol–water partition coefficient (Wildman–Crippen LogP) is 3.34. The molecule has 1 aliphatic heterocycles. The predicted molar refractivity (Wildman–Crippen MR) is 93.2 cm³/mol. The third-order valence-electron chi connectivity index (χ3n) is 4.62. The molecule has 130 valence electrons. The molecule has 0 radical (unpaired) electrons. The van der Waals surface area contributed by atoms with Crippen LogP contribution in [0.2, 0.25) is 0 Å². The van der Waals surface area contributed by atoms with E-state index >= 15 is 0 Å². The number of hydrogen-bond donors (Lipinski definition) is 0. The smallest absolute Gasteiger partial charge is 0.146 e. The van der Waals surface area contributed by atoms with Crippen molar-refractivity contribution >= 4 is 0 Å². The van der Waals surface area contributed by atoms with Gasteiger partial charge < -0.3 is 9.15 Å². The molecule has 6 heteroatoms. The fourth-order valence-corrected chi connectivity index (χ4v) is 3.47. The number of hydrogen-bond acceptors (Lipinski definition) is 5. The Hall–Kier alpha value is -2.44. The van der Waals surface area contributed by atoms with Crippen molar-refractivity contribution in [2.24, 2.45) is 0 Å². The first-order valence-corrected chi connectivity index (χ1v) is 8.61. The third kappa shape index (κ3) is 3.36. The molecule has 0 bridgehead atoms. The standard InChI is InChI=1S/C19H22N4O2/c1-24-13-16-9-10-18(25-16)17-8-5-11-22(17)12-19-20-14-21-23(19)15-6-3-2-4-7-15/h2-4,6-7,9-10,14,17H,5,8,11-13H2,1H3. The number of rotatable bonds is 6. The van der Waals surface area contributed by atoms with Crippen LogP contribution in [0, 0.1) is 0 Å². The van der Waals surface area contributed by atoms with E-state index in [0.717, 1.165) is 49.0 Å². The molecule has 6 nitrogen and oxygen atoms in total. The van der Waals surface area contributed by atoms with Crippen molar-refractivity contribution < 1.29 is 9.15 Å². The van der Waals surface area contributed by atoms with Gasteiger partial charge in [-0.15, -0.1) is 0 Å². The second-order valence-electron chi connectivity index (χ2n) is 6.29. The zero-order chi connectivity index (χ0) is 17.1. The van der Waals surface area contributed by atoms with E-state index in [0.29, 0.717) is 6.61 Å². The Labute approximate surface area is 147 Å². The summed E-state index contributed by atoms with van der Waals surface area (Å²) in [6.07, 6.45) is 3.88. The van der Waals surface area contributed by atoms with E-state index in [1.165, 1.54) is 0 Å². The summed E-state index contributed by atoms with van der Waals surface area (Å²) < 4.78 is 13.0. The molecule has 1 atom stereocenters. The summed E-state index contributed by atoms with van der Waals surface area (Å²) in [5, 5.41) is 4.39. The maximum absolute atomic E-state index is 5.96. The maximum Gasteiger partial charge on any atom is 0.146 e. The van der Waals surface area contributed by atoms with Crippen LogP contribution >= 0.6 is 0 Å². The first-order chi connectivity index (χ1) is 12.3. The van der Waals surface area contributed by atoms with E-state index in [-0.39, 0.29) is 6.04 Å². The van der Waals surface area contributed by atoms with Gasteiger partial charge in [-0.05, 0) is 43.7 Å². The van der Waals surface area contributed by atoms with Crippen molar-refractivity contribution in [3.05, 3.63) is 66.1 Å². The van der Waals surface area contributed by atoms with Crippen LogP contribution in [-0.2, 0) is 17.9 Å². The van der Waals surface area contributed by atoms with Crippen LogP contribution in [0.4, 0.5) is 0 Å². The van der Waals surface area contributed by atoms with Crippen LogP contribution in [0.5, 0.6) is 0 Å². The average molecular weight is 338 g/mol. The highest BCUT2D eigenvalue weighted by molar-refractivity contribution is 5.30. The van der Waals surface area contributed by atoms with Crippen molar-refractivity contribution in [2.45, 2.75) is 32.0 Å². The van der Waals surface area contributed by atoms with Crippen molar-refractivity contribution in [3.8, 4) is 5.69 Å². The van der Waals surface area contributed by atoms with Gasteiger partial charge in [-0.1, -0.05) is 18.2 Å². The van der Waals surface area contributed by atoms with Crippen LogP contribution in [0.15, 0.2) is 53.2 Å². The molecule has 2 aromatic heterocycles. The molecule has 1 aliphatic rings. The fourth-order valence-electron chi connectivity index (χ4n) is 3.47. The second kappa shape index (κ2) is 7.21. The molecular weight excluding hydrogens is 316 g/mol. The summed E-state index contributed by atoms with van der Waals surface area (Å²) in [6, 6.07) is 14.5. The van der Waals surface area contributed by atoms with Crippen molar-refractivity contribution in [1.82, 2.24) is 19.7 Å². The monoisotopic (exact) mass is 338 g/mol. The molecule has 3 heterocycles. The molecule has 4 rings (SSSR count). The lowest BCUT2D eigenvalue weighted by Crippen LogP contribution is -2.24. The van der Waals surface area contributed by atoms with Crippen LogP contribution < -0.4 is 0 Å². The van der Waals surface area contributed by atoms with Crippen LogP contribution in [0.1, 0.15) is 36.2 Å². The third-order valence-corrected chi connectivity index (χ3v) is 4.62. The Bertz CT molecular complexity index is 812. The number of likely N-dealkylation sites (tertiary alicyclic amines) is 1. The Kier molecular flexibility index (Phi) is 4.63. The lowest BCUT2D eigenvalue weighted by atomic mass is 10.1. The highest BCUT2D eigenvalue weighted by Crippen LogP contribution is 2.34. The summed E-state index contributed by atoms with van der Waals surface area (Å²) in [5.74, 6) is 2.83. The minimum atomic E-state index is 0.284. The van der Waals surface area contributed by atoms with Gasteiger partial charge in [0, 0.05) is 7.11 Å². The molecule has 0 aliphatic carbocycles. The Balaban J connectivity index is 1.53. The van der Waals surface area contributed by atoms with Gasteiger partial charge >= 0.3 is 0 Å². The molecule has 25 heavy (non-hydrogen) atoms. The maximum atomic E-state index is 5.96. The lowest BCUT2D eigenvalue weighted by molar-refractivity contribution is 0.155. The molecule has 0 saturated carbocycles. The Morgan fingerprint density at radius 3 is 2.92 bits per heavy atom. The molecule has 0 spiro atoms. The molecule has 1 fully saturated rings. The van der Waals surface area contributed by atoms with E-state index in [1.807, 2.05) is 41.1 Å². The summed E-state index contributed by atoms with van der Waals surface area (Å²) in [6.45, 7) is 2.29. The minimum absolute atomic E-state index is 0.284. The number of benzene rings is 1. The van der Waals surface area contributed by atoms with Crippen LogP contribution in [0.3, 0.4) is 0 Å². The zero-order valence-corrected chi connectivity index (χ0v) is 14.3. The molecule has 1 unspecified atom stereocenters. The van der Waals surface area contributed by atoms with Crippen LogP contribution in [-0.4, -0.2) is 33.3 Å². The number of nitrogens with zero attached hydrogens (tertiary/aromatic N) is 4. The second-order valence-corrected chi connectivity index (χ2v) is 6.29. The van der Waals surface area contributed by atoms with Crippen molar-refractivity contribution in [1.29, 1.82) is 0 Å². The van der Waals surface area contributed by atoms with Gasteiger partial charge in [-0.25, -0.2) is 9.67 Å². The van der Waals surface area contributed by atoms with Gasteiger partial charge in [0.25, 0.3) is 0 Å². The number of aromatic nitrogens is 3. The van der Waals surface area contributed by atoms with E-state index in [9.17, 15) is 0 Å². The first kappa shape index (κ1) is 16.1. The van der Waals surface area contributed by atoms with Crippen molar-refractivity contribution in [3.63, 3.8) is 0 Å². The number of furan rings is 1. The highest BCUT2D eigenvalue weighted by Gasteiger charge is 2.29. The minimum Gasteiger partial charge on any atom is -0.462 e. The summed E-state index contributed by atoms with van der Waals surface area (Å²) in [7, 11) is 1.68. The zero-order valence-electron chi connectivity index (χ0n) is 14.3. The van der Waals surface area contributed by atoms with Gasteiger partial charge in [-0.3, -0.25) is 4.90 Å². The van der Waals surface area contributed by atoms with E-state index < -0.39 is 0 Å². The molecule has 0 amide bonds. The number of ether oxygens (including phenoxy) is 1.